The molecular formula is C13H19ClN2O. The number of hydrogen-bond donors (Lipinski definition) is 2. The topological polar surface area (TPSA) is 41.1 Å². The zero-order valence-corrected chi connectivity index (χ0v) is 11.1. The third kappa shape index (κ3) is 6.29. The fourth-order valence-corrected chi connectivity index (χ4v) is 1.49. The molecule has 3 nitrogen and oxygen atoms in total. The minimum Gasteiger partial charge on any atom is -0.352 e. The second-order valence-electron chi connectivity index (χ2n) is 4.26. The van der Waals surface area contributed by atoms with Gasteiger partial charge in [-0.15, -0.1) is 0 Å². The Morgan fingerprint density at radius 2 is 1.94 bits per heavy atom. The van der Waals surface area contributed by atoms with Gasteiger partial charge in [-0.3, -0.25) is 4.79 Å². The first-order chi connectivity index (χ1) is 8.08. The van der Waals surface area contributed by atoms with Crippen LogP contribution >= 0.6 is 11.6 Å². The summed E-state index contributed by atoms with van der Waals surface area (Å²) in [6.07, 6.45) is 0.506. The van der Waals surface area contributed by atoms with Gasteiger partial charge < -0.3 is 10.6 Å². The van der Waals surface area contributed by atoms with Gasteiger partial charge in [0.1, 0.15) is 0 Å². The molecule has 2 N–H and O–H groups in total. The van der Waals surface area contributed by atoms with Gasteiger partial charge in [-0.1, -0.05) is 37.6 Å². The number of carbonyl (C=O) groups is 1. The molecule has 0 saturated heterocycles. The van der Waals surface area contributed by atoms with E-state index in [1.807, 2.05) is 24.3 Å². The lowest BCUT2D eigenvalue weighted by Crippen LogP contribution is -2.30. The summed E-state index contributed by atoms with van der Waals surface area (Å²) in [5, 5.41) is 6.78. The maximum absolute atomic E-state index is 11.5. The van der Waals surface area contributed by atoms with Crippen LogP contribution in [0.15, 0.2) is 24.3 Å². The third-order valence-corrected chi connectivity index (χ3v) is 2.56. The van der Waals surface area contributed by atoms with Crippen molar-refractivity contribution in [3.05, 3.63) is 34.9 Å². The van der Waals surface area contributed by atoms with Crippen LogP contribution in [-0.4, -0.2) is 18.5 Å². The number of nitrogens with one attached hydrogen (secondary N) is 2. The maximum Gasteiger partial charge on any atom is 0.221 e. The first kappa shape index (κ1) is 14.0. The quantitative estimate of drug-likeness (QED) is 0.818. The predicted molar refractivity (Wildman–Crippen MR) is 71.1 cm³/mol. The molecule has 0 bridgehead atoms. The van der Waals surface area contributed by atoms with Crippen LogP contribution in [-0.2, 0) is 11.3 Å². The molecule has 1 aromatic rings. The van der Waals surface area contributed by atoms with Crippen molar-refractivity contribution in [1.29, 1.82) is 0 Å². The zero-order valence-electron chi connectivity index (χ0n) is 10.3. The second-order valence-corrected chi connectivity index (χ2v) is 4.70. The van der Waals surface area contributed by atoms with Crippen LogP contribution in [0.2, 0.25) is 5.02 Å². The fraction of sp³-hybridized carbons (Fsp3) is 0.462. The summed E-state index contributed by atoms with van der Waals surface area (Å²) in [7, 11) is 0. The van der Waals surface area contributed by atoms with Crippen molar-refractivity contribution in [2.24, 2.45) is 0 Å². The molecule has 1 rings (SSSR count). The molecule has 0 aliphatic heterocycles. The zero-order chi connectivity index (χ0) is 12.7. The number of hydrogen-bond acceptors (Lipinski definition) is 2. The van der Waals surface area contributed by atoms with E-state index in [1.54, 1.807) is 0 Å². The van der Waals surface area contributed by atoms with E-state index in [0.29, 0.717) is 30.6 Å². The van der Waals surface area contributed by atoms with Crippen molar-refractivity contribution in [3.8, 4) is 0 Å². The van der Waals surface area contributed by atoms with Crippen LogP contribution in [0.5, 0.6) is 0 Å². The Hall–Kier alpha value is -1.06. The fourth-order valence-electron chi connectivity index (χ4n) is 1.37. The molecule has 0 spiro atoms. The molecule has 0 unspecified atom stereocenters. The Labute approximate surface area is 108 Å². The SMILES string of the molecule is CC(C)NCCC(=O)NCc1ccc(Cl)cc1. The molecule has 0 fully saturated rings. The van der Waals surface area contributed by atoms with Crippen LogP contribution < -0.4 is 10.6 Å². The summed E-state index contributed by atoms with van der Waals surface area (Å²) in [6, 6.07) is 7.88. The van der Waals surface area contributed by atoms with Crippen LogP contribution in [0.1, 0.15) is 25.8 Å². The van der Waals surface area contributed by atoms with Crippen molar-refractivity contribution in [1.82, 2.24) is 10.6 Å². The Morgan fingerprint density at radius 3 is 2.53 bits per heavy atom. The van der Waals surface area contributed by atoms with Gasteiger partial charge in [0.2, 0.25) is 5.91 Å². The van der Waals surface area contributed by atoms with Crippen molar-refractivity contribution in [2.45, 2.75) is 32.9 Å². The summed E-state index contributed by atoms with van der Waals surface area (Å²) < 4.78 is 0. The maximum atomic E-state index is 11.5. The monoisotopic (exact) mass is 254 g/mol. The molecule has 0 radical (unpaired) electrons. The molecule has 1 amide bonds. The molecule has 94 valence electrons. The van der Waals surface area contributed by atoms with Crippen LogP contribution in [0.4, 0.5) is 0 Å². The average Bonchev–Trinajstić information content (AvgIpc) is 2.28. The average molecular weight is 255 g/mol. The van der Waals surface area contributed by atoms with Crippen LogP contribution in [0.3, 0.4) is 0 Å². The first-order valence-electron chi connectivity index (χ1n) is 5.82. The van der Waals surface area contributed by atoms with Gasteiger partial charge in [0.25, 0.3) is 0 Å². The van der Waals surface area contributed by atoms with Gasteiger partial charge >= 0.3 is 0 Å². The Bertz CT molecular complexity index is 349. The number of benzene rings is 1. The van der Waals surface area contributed by atoms with Crippen molar-refractivity contribution < 1.29 is 4.79 Å². The summed E-state index contributed by atoms with van der Waals surface area (Å²) in [5.41, 5.74) is 1.06. The van der Waals surface area contributed by atoms with Crippen molar-refractivity contribution in [2.75, 3.05) is 6.54 Å². The van der Waals surface area contributed by atoms with E-state index in [1.165, 1.54) is 0 Å². The normalized spacial score (nSPS) is 10.6. The summed E-state index contributed by atoms with van der Waals surface area (Å²) >= 11 is 5.78. The smallest absolute Gasteiger partial charge is 0.221 e. The van der Waals surface area contributed by atoms with Crippen molar-refractivity contribution in [3.63, 3.8) is 0 Å². The number of amides is 1. The van der Waals surface area contributed by atoms with Gasteiger partial charge in [0.15, 0.2) is 0 Å². The minimum atomic E-state index is 0.0631. The molecule has 0 saturated carbocycles. The molecule has 0 aliphatic carbocycles. The molecule has 4 heteroatoms. The van der Waals surface area contributed by atoms with Gasteiger partial charge in [-0.25, -0.2) is 0 Å². The van der Waals surface area contributed by atoms with E-state index in [2.05, 4.69) is 24.5 Å². The van der Waals surface area contributed by atoms with E-state index in [9.17, 15) is 4.79 Å². The molecule has 0 aliphatic rings. The lowest BCUT2D eigenvalue weighted by molar-refractivity contribution is -0.121. The van der Waals surface area contributed by atoms with Gasteiger partial charge in [0, 0.05) is 30.6 Å². The summed E-state index contributed by atoms with van der Waals surface area (Å²) in [5.74, 6) is 0.0631. The summed E-state index contributed by atoms with van der Waals surface area (Å²) in [6.45, 7) is 5.39. The molecular weight excluding hydrogens is 236 g/mol. The highest BCUT2D eigenvalue weighted by Gasteiger charge is 2.01. The highest BCUT2D eigenvalue weighted by molar-refractivity contribution is 6.30. The molecule has 0 atom stereocenters. The standard InChI is InChI=1S/C13H19ClN2O/c1-10(2)15-8-7-13(17)16-9-11-3-5-12(14)6-4-11/h3-6,10,15H,7-9H2,1-2H3,(H,16,17). The molecule has 0 aromatic heterocycles. The minimum absolute atomic E-state index is 0.0631. The lowest BCUT2D eigenvalue weighted by Gasteiger charge is -2.08. The predicted octanol–water partition coefficient (Wildman–Crippen LogP) is 2.34. The molecule has 0 heterocycles. The second kappa shape index (κ2) is 7.30. The Kier molecular flexibility index (Phi) is 6.01. The van der Waals surface area contributed by atoms with E-state index >= 15 is 0 Å². The van der Waals surface area contributed by atoms with E-state index < -0.39 is 0 Å². The number of carbonyl (C=O) groups excluding carboxylic acids is 1. The highest BCUT2D eigenvalue weighted by Crippen LogP contribution is 2.08. The molecule has 1 aromatic carbocycles. The Balaban J connectivity index is 2.21. The largest absolute Gasteiger partial charge is 0.352 e. The van der Waals surface area contributed by atoms with Crippen molar-refractivity contribution >= 4 is 17.5 Å². The van der Waals surface area contributed by atoms with Gasteiger partial charge in [-0.05, 0) is 17.7 Å². The summed E-state index contributed by atoms with van der Waals surface area (Å²) in [4.78, 5) is 11.5. The lowest BCUT2D eigenvalue weighted by atomic mass is 10.2. The van der Waals surface area contributed by atoms with E-state index in [0.717, 1.165) is 5.56 Å². The first-order valence-corrected chi connectivity index (χ1v) is 6.20. The van der Waals surface area contributed by atoms with Crippen LogP contribution in [0, 0.1) is 0 Å². The van der Waals surface area contributed by atoms with E-state index in [-0.39, 0.29) is 5.91 Å². The van der Waals surface area contributed by atoms with Crippen LogP contribution in [0.25, 0.3) is 0 Å². The van der Waals surface area contributed by atoms with Gasteiger partial charge in [-0.2, -0.15) is 0 Å². The third-order valence-electron chi connectivity index (χ3n) is 2.31. The highest BCUT2D eigenvalue weighted by atomic mass is 35.5. The van der Waals surface area contributed by atoms with E-state index in [4.69, 9.17) is 11.6 Å². The van der Waals surface area contributed by atoms with Gasteiger partial charge in [0.05, 0.1) is 0 Å². The Morgan fingerprint density at radius 1 is 1.29 bits per heavy atom. The number of rotatable bonds is 6. The number of halogens is 1. The molecule has 17 heavy (non-hydrogen) atoms.